The Bertz CT molecular complexity index is 176. The van der Waals surface area contributed by atoms with Crippen LogP contribution in [-0.4, -0.2) is 65.9 Å². The van der Waals surface area contributed by atoms with Gasteiger partial charge < -0.3 is 24.3 Å². The van der Waals surface area contributed by atoms with Gasteiger partial charge in [0.25, 0.3) is 0 Å². The Labute approximate surface area is 105 Å². The third-order valence-electron chi connectivity index (χ3n) is 2.80. The van der Waals surface area contributed by atoms with E-state index in [0.717, 1.165) is 0 Å². The van der Waals surface area contributed by atoms with Crippen LogP contribution < -0.4 is 5.32 Å². The van der Waals surface area contributed by atoms with Crippen molar-refractivity contribution in [3.63, 3.8) is 0 Å². The molecule has 1 N–H and O–H groups in total. The Hall–Kier alpha value is -0.200. The summed E-state index contributed by atoms with van der Waals surface area (Å²) in [5.74, 6) is 0. The van der Waals surface area contributed by atoms with E-state index in [2.05, 4.69) is 5.32 Å². The fourth-order valence-corrected chi connectivity index (χ4v) is 1.34. The Balaban J connectivity index is 3.57. The summed E-state index contributed by atoms with van der Waals surface area (Å²) in [5, 5.41) is 3.19. The molecular formula is C12H27NO4. The van der Waals surface area contributed by atoms with Gasteiger partial charge in [0.05, 0.1) is 44.7 Å². The first-order valence-corrected chi connectivity index (χ1v) is 5.95. The Kier molecular flexibility index (Phi) is 9.68. The van der Waals surface area contributed by atoms with Gasteiger partial charge in [-0.1, -0.05) is 0 Å². The standard InChI is InChI=1S/C12H27NO4/c1-12(2,15-5)11(13-3)10-17-9-8-16-7-6-14-4/h11,13H,6-10H2,1-5H3. The minimum atomic E-state index is -0.244. The van der Waals surface area contributed by atoms with E-state index in [4.69, 9.17) is 18.9 Å². The van der Waals surface area contributed by atoms with E-state index in [0.29, 0.717) is 33.0 Å². The lowest BCUT2D eigenvalue weighted by molar-refractivity contribution is -0.0451. The highest BCUT2D eigenvalue weighted by Crippen LogP contribution is 2.13. The third-order valence-corrected chi connectivity index (χ3v) is 2.80. The zero-order valence-electron chi connectivity index (χ0n) is 11.7. The summed E-state index contributed by atoms with van der Waals surface area (Å²) >= 11 is 0. The number of nitrogens with one attached hydrogen (secondary N) is 1. The van der Waals surface area contributed by atoms with Gasteiger partial charge in [0, 0.05) is 14.2 Å². The highest BCUT2D eigenvalue weighted by molar-refractivity contribution is 4.84. The molecule has 0 amide bonds. The van der Waals surface area contributed by atoms with Crippen molar-refractivity contribution >= 4 is 0 Å². The average molecular weight is 249 g/mol. The quantitative estimate of drug-likeness (QED) is 0.546. The van der Waals surface area contributed by atoms with Crippen LogP contribution in [0.25, 0.3) is 0 Å². The predicted molar refractivity (Wildman–Crippen MR) is 67.4 cm³/mol. The second-order valence-electron chi connectivity index (χ2n) is 4.33. The molecule has 104 valence electrons. The second kappa shape index (κ2) is 9.79. The normalized spacial score (nSPS) is 13.9. The van der Waals surface area contributed by atoms with E-state index >= 15 is 0 Å². The van der Waals surface area contributed by atoms with Crippen LogP contribution >= 0.6 is 0 Å². The largest absolute Gasteiger partial charge is 0.382 e. The first-order valence-electron chi connectivity index (χ1n) is 5.95. The third kappa shape index (κ3) is 7.68. The van der Waals surface area contributed by atoms with Gasteiger partial charge in [0.1, 0.15) is 0 Å². The van der Waals surface area contributed by atoms with E-state index in [1.807, 2.05) is 20.9 Å². The maximum Gasteiger partial charge on any atom is 0.0797 e. The lowest BCUT2D eigenvalue weighted by Gasteiger charge is -2.32. The number of rotatable bonds is 11. The predicted octanol–water partition coefficient (Wildman–Crippen LogP) is 0.679. The summed E-state index contributed by atoms with van der Waals surface area (Å²) in [4.78, 5) is 0. The molecule has 0 spiro atoms. The van der Waals surface area contributed by atoms with Crippen molar-refractivity contribution in [3.8, 4) is 0 Å². The molecule has 0 saturated heterocycles. The molecule has 0 rings (SSSR count). The van der Waals surface area contributed by atoms with Gasteiger partial charge in [-0.15, -0.1) is 0 Å². The lowest BCUT2D eigenvalue weighted by Crippen LogP contribution is -2.49. The van der Waals surface area contributed by atoms with Crippen molar-refractivity contribution < 1.29 is 18.9 Å². The zero-order valence-corrected chi connectivity index (χ0v) is 11.7. The number of hydrogen-bond donors (Lipinski definition) is 1. The molecule has 0 aromatic carbocycles. The van der Waals surface area contributed by atoms with Crippen LogP contribution in [0.4, 0.5) is 0 Å². The smallest absolute Gasteiger partial charge is 0.0797 e. The Morgan fingerprint density at radius 3 is 2.12 bits per heavy atom. The van der Waals surface area contributed by atoms with Crippen LogP contribution in [-0.2, 0) is 18.9 Å². The number of ether oxygens (including phenoxy) is 4. The van der Waals surface area contributed by atoms with Crippen molar-refractivity contribution in [3.05, 3.63) is 0 Å². The van der Waals surface area contributed by atoms with Gasteiger partial charge in [-0.3, -0.25) is 0 Å². The molecule has 0 radical (unpaired) electrons. The SMILES string of the molecule is CNC(COCCOCCOC)C(C)(C)OC. The van der Waals surface area contributed by atoms with Gasteiger partial charge in [0.15, 0.2) is 0 Å². The fourth-order valence-electron chi connectivity index (χ4n) is 1.34. The zero-order chi connectivity index (χ0) is 13.1. The molecule has 0 aliphatic carbocycles. The van der Waals surface area contributed by atoms with Crippen molar-refractivity contribution in [2.45, 2.75) is 25.5 Å². The van der Waals surface area contributed by atoms with Crippen LogP contribution in [0.3, 0.4) is 0 Å². The maximum absolute atomic E-state index is 5.55. The monoisotopic (exact) mass is 249 g/mol. The van der Waals surface area contributed by atoms with Crippen LogP contribution in [0, 0.1) is 0 Å². The second-order valence-corrected chi connectivity index (χ2v) is 4.33. The van der Waals surface area contributed by atoms with Gasteiger partial charge in [-0.05, 0) is 20.9 Å². The van der Waals surface area contributed by atoms with E-state index < -0.39 is 0 Å². The molecule has 17 heavy (non-hydrogen) atoms. The summed E-state index contributed by atoms with van der Waals surface area (Å²) in [7, 11) is 5.27. The molecule has 1 unspecified atom stereocenters. The topological polar surface area (TPSA) is 49.0 Å². The summed E-state index contributed by atoms with van der Waals surface area (Å²) < 4.78 is 21.1. The number of likely N-dealkylation sites (N-methyl/N-ethyl adjacent to an activating group) is 1. The molecule has 0 heterocycles. The van der Waals surface area contributed by atoms with Gasteiger partial charge in [-0.2, -0.15) is 0 Å². The highest BCUT2D eigenvalue weighted by atomic mass is 16.5. The van der Waals surface area contributed by atoms with E-state index in [1.165, 1.54) is 0 Å². The summed E-state index contributed by atoms with van der Waals surface area (Å²) in [6, 6.07) is 0.159. The highest BCUT2D eigenvalue weighted by Gasteiger charge is 2.27. The first kappa shape index (κ1) is 16.8. The first-order chi connectivity index (χ1) is 8.08. The van der Waals surface area contributed by atoms with Crippen molar-refractivity contribution in [1.29, 1.82) is 0 Å². The molecule has 5 heteroatoms. The lowest BCUT2D eigenvalue weighted by atomic mass is 10.00. The van der Waals surface area contributed by atoms with E-state index in [1.54, 1.807) is 14.2 Å². The summed E-state index contributed by atoms with van der Waals surface area (Å²) in [5.41, 5.74) is -0.244. The number of methoxy groups -OCH3 is 2. The summed E-state index contributed by atoms with van der Waals surface area (Å²) in [6.45, 7) is 7.08. The van der Waals surface area contributed by atoms with Crippen molar-refractivity contribution in [2.75, 3.05) is 54.3 Å². The molecule has 0 aromatic heterocycles. The molecule has 0 aliphatic rings. The van der Waals surface area contributed by atoms with Gasteiger partial charge in [0.2, 0.25) is 0 Å². The van der Waals surface area contributed by atoms with E-state index in [9.17, 15) is 0 Å². The van der Waals surface area contributed by atoms with Crippen LogP contribution in [0.5, 0.6) is 0 Å². The average Bonchev–Trinajstić information content (AvgIpc) is 2.32. The van der Waals surface area contributed by atoms with Crippen LogP contribution in [0.15, 0.2) is 0 Å². The van der Waals surface area contributed by atoms with Gasteiger partial charge in [-0.25, -0.2) is 0 Å². The van der Waals surface area contributed by atoms with Gasteiger partial charge >= 0.3 is 0 Å². The minimum absolute atomic E-state index is 0.159. The fraction of sp³-hybridized carbons (Fsp3) is 1.00. The minimum Gasteiger partial charge on any atom is -0.382 e. The molecule has 0 bridgehead atoms. The Morgan fingerprint density at radius 1 is 1.00 bits per heavy atom. The molecule has 5 nitrogen and oxygen atoms in total. The molecule has 0 saturated carbocycles. The molecule has 0 aromatic rings. The maximum atomic E-state index is 5.55. The molecule has 0 aliphatic heterocycles. The van der Waals surface area contributed by atoms with Crippen LogP contribution in [0.1, 0.15) is 13.8 Å². The van der Waals surface area contributed by atoms with E-state index in [-0.39, 0.29) is 11.6 Å². The molecular weight excluding hydrogens is 222 g/mol. The van der Waals surface area contributed by atoms with Crippen LogP contribution in [0.2, 0.25) is 0 Å². The summed E-state index contributed by atoms with van der Waals surface area (Å²) in [6.07, 6.45) is 0. The Morgan fingerprint density at radius 2 is 1.59 bits per heavy atom. The molecule has 0 fully saturated rings. The number of hydrogen-bond acceptors (Lipinski definition) is 5. The van der Waals surface area contributed by atoms with Crippen molar-refractivity contribution in [1.82, 2.24) is 5.32 Å². The van der Waals surface area contributed by atoms with Crippen molar-refractivity contribution in [2.24, 2.45) is 0 Å². The molecule has 1 atom stereocenters.